The monoisotopic (exact) mass is 275 g/mol. The second-order valence-corrected chi connectivity index (χ2v) is 6.60. The molecule has 0 amide bonds. The van der Waals surface area contributed by atoms with Crippen molar-refractivity contribution >= 4 is 0 Å². The fourth-order valence-electron chi connectivity index (χ4n) is 3.48. The Kier molecular flexibility index (Phi) is 5.62. The highest BCUT2D eigenvalue weighted by Crippen LogP contribution is 2.25. The quantitative estimate of drug-likeness (QED) is 0.882. The Labute approximate surface area is 123 Å². The minimum atomic E-state index is -0.371. The van der Waals surface area contributed by atoms with Crippen LogP contribution in [0.3, 0.4) is 0 Å². The van der Waals surface area contributed by atoms with Crippen LogP contribution in [0.15, 0.2) is 18.2 Å². The molecule has 1 aliphatic carbocycles. The molecule has 1 aliphatic rings. The van der Waals surface area contributed by atoms with Crippen LogP contribution in [-0.2, 0) is 0 Å². The van der Waals surface area contributed by atoms with E-state index in [1.807, 2.05) is 0 Å². The number of aliphatic hydroxyl groups excluding tert-OH is 1. The summed E-state index contributed by atoms with van der Waals surface area (Å²) in [6.07, 6.45) is 6.54. The van der Waals surface area contributed by atoms with Gasteiger partial charge in [0.1, 0.15) is 0 Å². The van der Waals surface area contributed by atoms with Gasteiger partial charge in [-0.1, -0.05) is 43.0 Å². The van der Waals surface area contributed by atoms with E-state index in [1.54, 1.807) is 0 Å². The van der Waals surface area contributed by atoms with Crippen LogP contribution < -0.4 is 0 Å². The molecule has 1 atom stereocenters. The summed E-state index contributed by atoms with van der Waals surface area (Å²) >= 11 is 0. The minimum Gasteiger partial charge on any atom is -0.387 e. The number of hydrogen-bond acceptors (Lipinski definition) is 2. The lowest BCUT2D eigenvalue weighted by atomic mass is 9.89. The van der Waals surface area contributed by atoms with E-state index in [-0.39, 0.29) is 6.10 Å². The average Bonchev–Trinajstić information content (AvgIpc) is 2.39. The van der Waals surface area contributed by atoms with Gasteiger partial charge in [0, 0.05) is 13.1 Å². The highest BCUT2D eigenvalue weighted by molar-refractivity contribution is 5.32. The van der Waals surface area contributed by atoms with Crippen molar-refractivity contribution in [2.45, 2.75) is 52.1 Å². The number of nitrogens with zero attached hydrogens (tertiary/aromatic N) is 1. The third kappa shape index (κ3) is 4.32. The fraction of sp³-hybridized carbons (Fsp3) is 0.667. The van der Waals surface area contributed by atoms with Gasteiger partial charge in [0.25, 0.3) is 0 Å². The van der Waals surface area contributed by atoms with E-state index in [9.17, 15) is 5.11 Å². The molecule has 2 nitrogen and oxygen atoms in total. The largest absolute Gasteiger partial charge is 0.387 e. The number of hydrogen-bond donors (Lipinski definition) is 1. The maximum atomic E-state index is 10.5. The topological polar surface area (TPSA) is 23.5 Å². The molecule has 0 radical (unpaired) electrons. The first kappa shape index (κ1) is 15.5. The van der Waals surface area contributed by atoms with Crippen molar-refractivity contribution in [3.8, 4) is 0 Å². The number of aliphatic hydroxyl groups is 1. The molecular formula is C18H29NO. The molecule has 20 heavy (non-hydrogen) atoms. The Hall–Kier alpha value is -0.860. The maximum Gasteiger partial charge on any atom is 0.0919 e. The van der Waals surface area contributed by atoms with Crippen molar-refractivity contribution in [2.24, 2.45) is 5.92 Å². The molecule has 1 saturated carbocycles. The number of benzene rings is 1. The van der Waals surface area contributed by atoms with Crippen molar-refractivity contribution in [2.75, 3.05) is 20.1 Å². The van der Waals surface area contributed by atoms with Crippen molar-refractivity contribution in [3.05, 3.63) is 34.9 Å². The first-order chi connectivity index (χ1) is 9.56. The van der Waals surface area contributed by atoms with Crippen molar-refractivity contribution < 1.29 is 5.11 Å². The first-order valence-electron chi connectivity index (χ1n) is 8.00. The average molecular weight is 275 g/mol. The summed E-state index contributed by atoms with van der Waals surface area (Å²) in [6.45, 7) is 6.05. The molecule has 112 valence electrons. The molecular weight excluding hydrogens is 246 g/mol. The van der Waals surface area contributed by atoms with E-state index in [4.69, 9.17) is 0 Å². The van der Waals surface area contributed by atoms with Gasteiger partial charge in [0.05, 0.1) is 6.10 Å². The van der Waals surface area contributed by atoms with Gasteiger partial charge in [0.2, 0.25) is 0 Å². The summed E-state index contributed by atoms with van der Waals surface area (Å²) in [7, 11) is 2.14. The molecule has 0 heterocycles. The van der Waals surface area contributed by atoms with Crippen molar-refractivity contribution in [3.63, 3.8) is 0 Å². The van der Waals surface area contributed by atoms with E-state index in [0.717, 1.165) is 24.6 Å². The Morgan fingerprint density at radius 3 is 2.55 bits per heavy atom. The lowest BCUT2D eigenvalue weighted by molar-refractivity contribution is 0.112. The summed E-state index contributed by atoms with van der Waals surface area (Å²) in [4.78, 5) is 2.31. The molecule has 0 aromatic heterocycles. The van der Waals surface area contributed by atoms with Gasteiger partial charge in [-0.15, -0.1) is 0 Å². The molecule has 1 N–H and O–H groups in total. The van der Waals surface area contributed by atoms with Crippen LogP contribution in [0.2, 0.25) is 0 Å². The van der Waals surface area contributed by atoms with Gasteiger partial charge in [-0.05, 0) is 50.8 Å². The van der Waals surface area contributed by atoms with Gasteiger partial charge < -0.3 is 10.0 Å². The lowest BCUT2D eigenvalue weighted by Crippen LogP contribution is -2.31. The number of rotatable bonds is 5. The van der Waals surface area contributed by atoms with Crippen LogP contribution in [0.1, 0.15) is 54.9 Å². The summed E-state index contributed by atoms with van der Waals surface area (Å²) in [5.74, 6) is 0.833. The van der Waals surface area contributed by atoms with E-state index in [0.29, 0.717) is 0 Å². The second-order valence-electron chi connectivity index (χ2n) is 6.60. The minimum absolute atomic E-state index is 0.371. The van der Waals surface area contributed by atoms with Crippen LogP contribution in [0.5, 0.6) is 0 Å². The maximum absolute atomic E-state index is 10.5. The molecule has 1 unspecified atom stereocenters. The Morgan fingerprint density at radius 1 is 1.20 bits per heavy atom. The molecule has 0 aliphatic heterocycles. The normalized spacial score (nSPS) is 18.4. The summed E-state index contributed by atoms with van der Waals surface area (Å²) < 4.78 is 0. The summed E-state index contributed by atoms with van der Waals surface area (Å²) in [6, 6.07) is 6.32. The van der Waals surface area contributed by atoms with Crippen molar-refractivity contribution in [1.29, 1.82) is 0 Å². The van der Waals surface area contributed by atoms with Gasteiger partial charge in [-0.3, -0.25) is 0 Å². The summed E-state index contributed by atoms with van der Waals surface area (Å²) in [5.41, 5.74) is 3.53. The molecule has 1 fully saturated rings. The summed E-state index contributed by atoms with van der Waals surface area (Å²) in [5, 5.41) is 10.5. The fourth-order valence-corrected chi connectivity index (χ4v) is 3.48. The molecule has 2 rings (SSSR count). The predicted molar refractivity (Wildman–Crippen MR) is 84.9 cm³/mol. The Morgan fingerprint density at radius 2 is 1.90 bits per heavy atom. The SMILES string of the molecule is Cc1ccc(C(O)CN(C)CC2CCCCC2)c(C)c1. The van der Waals surface area contributed by atoms with Gasteiger partial charge in [-0.2, -0.15) is 0 Å². The van der Waals surface area contributed by atoms with E-state index >= 15 is 0 Å². The highest BCUT2D eigenvalue weighted by Gasteiger charge is 2.18. The van der Waals surface area contributed by atoms with Crippen LogP contribution in [0.4, 0.5) is 0 Å². The van der Waals surface area contributed by atoms with Gasteiger partial charge in [-0.25, -0.2) is 0 Å². The molecule has 0 bridgehead atoms. The number of aryl methyl sites for hydroxylation is 2. The van der Waals surface area contributed by atoms with Gasteiger partial charge in [0.15, 0.2) is 0 Å². The van der Waals surface area contributed by atoms with Crippen LogP contribution >= 0.6 is 0 Å². The lowest BCUT2D eigenvalue weighted by Gasteiger charge is -2.28. The van der Waals surface area contributed by atoms with Crippen LogP contribution in [0.25, 0.3) is 0 Å². The van der Waals surface area contributed by atoms with E-state index in [1.165, 1.54) is 43.2 Å². The van der Waals surface area contributed by atoms with Crippen LogP contribution in [0, 0.1) is 19.8 Å². The molecule has 2 heteroatoms. The molecule has 0 spiro atoms. The van der Waals surface area contributed by atoms with Crippen LogP contribution in [-0.4, -0.2) is 30.1 Å². The standard InChI is InChI=1S/C18H29NO/c1-14-9-10-17(15(2)11-14)18(20)13-19(3)12-16-7-5-4-6-8-16/h9-11,16,18,20H,4-8,12-13H2,1-3H3. The third-order valence-electron chi connectivity index (χ3n) is 4.56. The first-order valence-corrected chi connectivity index (χ1v) is 8.00. The zero-order valence-electron chi connectivity index (χ0n) is 13.2. The highest BCUT2D eigenvalue weighted by atomic mass is 16.3. The third-order valence-corrected chi connectivity index (χ3v) is 4.56. The molecule has 0 saturated heterocycles. The van der Waals surface area contributed by atoms with E-state index < -0.39 is 0 Å². The van der Waals surface area contributed by atoms with Crippen molar-refractivity contribution in [1.82, 2.24) is 4.90 Å². The Bertz CT molecular complexity index is 423. The zero-order chi connectivity index (χ0) is 14.5. The zero-order valence-corrected chi connectivity index (χ0v) is 13.2. The second kappa shape index (κ2) is 7.24. The molecule has 1 aromatic carbocycles. The number of likely N-dealkylation sites (N-methyl/N-ethyl adjacent to an activating group) is 1. The smallest absolute Gasteiger partial charge is 0.0919 e. The predicted octanol–water partition coefficient (Wildman–Crippen LogP) is 3.85. The van der Waals surface area contributed by atoms with Gasteiger partial charge >= 0.3 is 0 Å². The Balaban J connectivity index is 1.87. The van der Waals surface area contributed by atoms with E-state index in [2.05, 4.69) is 44.0 Å². The molecule has 1 aromatic rings.